The van der Waals surface area contributed by atoms with E-state index in [1.54, 1.807) is 13.8 Å². The van der Waals surface area contributed by atoms with Crippen molar-refractivity contribution in [1.82, 2.24) is 0 Å². The third-order valence-corrected chi connectivity index (χ3v) is 3.14. The zero-order valence-corrected chi connectivity index (χ0v) is 14.5. The number of esters is 1. The molecule has 23 heavy (non-hydrogen) atoms. The lowest BCUT2D eigenvalue weighted by Gasteiger charge is -2.15. The fourth-order valence-corrected chi connectivity index (χ4v) is 2.01. The Labute approximate surface area is 138 Å². The molecule has 0 aliphatic heterocycles. The molecule has 0 atom stereocenters. The number of hydrogen-bond acceptors (Lipinski definition) is 6. The molecule has 134 valence electrons. The first-order valence-corrected chi connectivity index (χ1v) is 8.46. The van der Waals surface area contributed by atoms with Gasteiger partial charge in [0.15, 0.2) is 5.76 Å². The van der Waals surface area contributed by atoms with Gasteiger partial charge in [0.05, 0.1) is 19.8 Å². The molecular weight excluding hydrogens is 300 g/mol. The van der Waals surface area contributed by atoms with Gasteiger partial charge < -0.3 is 24.1 Å². The smallest absolute Gasteiger partial charge is 0.377 e. The molecule has 0 N–H and O–H groups in total. The van der Waals surface area contributed by atoms with Crippen LogP contribution in [0.1, 0.15) is 65.7 Å². The second-order valence-corrected chi connectivity index (χ2v) is 5.07. The van der Waals surface area contributed by atoms with Crippen LogP contribution in [0.2, 0.25) is 0 Å². The fourth-order valence-electron chi connectivity index (χ4n) is 2.01. The molecule has 0 heterocycles. The van der Waals surface area contributed by atoms with E-state index in [4.69, 9.17) is 14.2 Å². The van der Waals surface area contributed by atoms with Crippen LogP contribution in [0.3, 0.4) is 0 Å². The Bertz CT molecular complexity index is 375. The fraction of sp³-hybridized carbons (Fsp3) is 0.765. The van der Waals surface area contributed by atoms with Crippen LogP contribution in [0.4, 0.5) is 0 Å². The number of aliphatic carboxylic acids is 1. The zero-order chi connectivity index (χ0) is 17.5. The van der Waals surface area contributed by atoms with Crippen molar-refractivity contribution in [2.45, 2.75) is 65.7 Å². The van der Waals surface area contributed by atoms with Crippen molar-refractivity contribution in [1.29, 1.82) is 0 Å². The van der Waals surface area contributed by atoms with Gasteiger partial charge in [-0.3, -0.25) is 0 Å². The zero-order valence-electron chi connectivity index (χ0n) is 14.5. The predicted octanol–water partition coefficient (Wildman–Crippen LogP) is 2.31. The van der Waals surface area contributed by atoms with Crippen LogP contribution in [-0.4, -0.2) is 31.8 Å². The van der Waals surface area contributed by atoms with Gasteiger partial charge in [-0.1, -0.05) is 45.4 Å². The number of rotatable bonds is 14. The van der Waals surface area contributed by atoms with Gasteiger partial charge in [0.25, 0.3) is 0 Å². The molecular formula is C17H29O6-. The summed E-state index contributed by atoms with van der Waals surface area (Å²) in [5.41, 5.74) is 0. The van der Waals surface area contributed by atoms with Gasteiger partial charge in [-0.15, -0.1) is 0 Å². The summed E-state index contributed by atoms with van der Waals surface area (Å²) < 4.78 is 15.0. The lowest BCUT2D eigenvalue weighted by atomic mass is 10.1. The first kappa shape index (κ1) is 21.3. The molecule has 6 heteroatoms. The summed E-state index contributed by atoms with van der Waals surface area (Å²) in [4.78, 5) is 23.0. The highest BCUT2D eigenvalue weighted by Gasteiger charge is 2.21. The summed E-state index contributed by atoms with van der Waals surface area (Å²) in [7, 11) is 0. The Kier molecular flexibility index (Phi) is 12.9. The van der Waals surface area contributed by atoms with E-state index in [9.17, 15) is 14.7 Å². The number of carbonyl (C=O) groups is 2. The summed E-state index contributed by atoms with van der Waals surface area (Å²) in [6.45, 7) is 5.87. The van der Waals surface area contributed by atoms with E-state index < -0.39 is 23.5 Å². The van der Waals surface area contributed by atoms with Crippen LogP contribution in [0.25, 0.3) is 0 Å². The Hall–Kier alpha value is -1.72. The minimum Gasteiger partial charge on any atom is -0.541 e. The van der Waals surface area contributed by atoms with Gasteiger partial charge in [-0.2, -0.15) is 0 Å². The van der Waals surface area contributed by atoms with Gasteiger partial charge in [0, 0.05) is 0 Å². The number of ether oxygens (including phenoxy) is 3. The molecule has 0 aromatic rings. The number of hydrogen-bond donors (Lipinski definition) is 0. The molecule has 0 fully saturated rings. The van der Waals surface area contributed by atoms with Crippen molar-refractivity contribution in [3.05, 3.63) is 11.5 Å². The van der Waals surface area contributed by atoms with Crippen molar-refractivity contribution in [3.8, 4) is 0 Å². The highest BCUT2D eigenvalue weighted by Crippen LogP contribution is 2.12. The summed E-state index contributed by atoms with van der Waals surface area (Å²) in [5, 5.41) is 11.0. The van der Waals surface area contributed by atoms with Crippen LogP contribution in [0.5, 0.6) is 0 Å². The van der Waals surface area contributed by atoms with Crippen LogP contribution in [-0.2, 0) is 23.8 Å². The van der Waals surface area contributed by atoms with E-state index in [0.29, 0.717) is 0 Å². The molecule has 0 radical (unpaired) electrons. The summed E-state index contributed by atoms with van der Waals surface area (Å²) in [6, 6.07) is 0. The second-order valence-electron chi connectivity index (χ2n) is 5.07. The monoisotopic (exact) mass is 329 g/mol. The normalized spacial score (nSPS) is 11.6. The first-order chi connectivity index (χ1) is 11.1. The molecule has 0 aliphatic carbocycles. The Morgan fingerprint density at radius 2 is 1.26 bits per heavy atom. The maximum atomic E-state index is 12.0. The van der Waals surface area contributed by atoms with Crippen LogP contribution in [0.15, 0.2) is 11.5 Å². The molecule has 6 nitrogen and oxygen atoms in total. The average molecular weight is 329 g/mol. The maximum Gasteiger partial charge on any atom is 0.377 e. The first-order valence-electron chi connectivity index (χ1n) is 8.46. The molecule has 0 aromatic heterocycles. The van der Waals surface area contributed by atoms with E-state index >= 15 is 0 Å². The molecule has 0 rings (SSSR count). The number of unbranched alkanes of at least 4 members (excludes halogenated alkanes) is 6. The summed E-state index contributed by atoms with van der Waals surface area (Å²) in [6.07, 6.45) is 7.71. The standard InChI is InChI=1S/C17H30O6/c1-4-7-8-9-10-11-12-13-23-17(20)15(22-6-3)14(16(18)19)21-5-2/h4-13H2,1-3H3,(H,18,19)/p-1. The lowest BCUT2D eigenvalue weighted by molar-refractivity contribution is -0.303. The number of carboxylic acid groups (broad SMARTS) is 1. The van der Waals surface area contributed by atoms with Crippen LogP contribution >= 0.6 is 0 Å². The number of carboxylic acids is 1. The van der Waals surface area contributed by atoms with Gasteiger partial charge in [-0.25, -0.2) is 4.79 Å². The average Bonchev–Trinajstić information content (AvgIpc) is 2.52. The van der Waals surface area contributed by atoms with Crippen molar-refractivity contribution < 1.29 is 28.9 Å². The van der Waals surface area contributed by atoms with Gasteiger partial charge in [0.1, 0.15) is 5.97 Å². The Morgan fingerprint density at radius 3 is 1.78 bits per heavy atom. The minimum absolute atomic E-state index is 0.0882. The highest BCUT2D eigenvalue weighted by molar-refractivity contribution is 5.95. The second kappa shape index (κ2) is 13.9. The molecule has 0 aromatic carbocycles. The number of carbonyl (C=O) groups excluding carboxylic acids is 2. The van der Waals surface area contributed by atoms with Crippen molar-refractivity contribution in [2.75, 3.05) is 19.8 Å². The molecule has 0 amide bonds. The van der Waals surface area contributed by atoms with Crippen LogP contribution in [0, 0.1) is 0 Å². The van der Waals surface area contributed by atoms with E-state index in [-0.39, 0.29) is 19.8 Å². The maximum absolute atomic E-state index is 12.0. The molecule has 0 aliphatic rings. The summed E-state index contributed by atoms with van der Waals surface area (Å²) in [5.74, 6) is -3.47. The van der Waals surface area contributed by atoms with E-state index in [1.165, 1.54) is 25.7 Å². The van der Waals surface area contributed by atoms with Gasteiger partial charge in [0.2, 0.25) is 5.76 Å². The van der Waals surface area contributed by atoms with Crippen LogP contribution < -0.4 is 5.11 Å². The highest BCUT2D eigenvalue weighted by atomic mass is 16.6. The van der Waals surface area contributed by atoms with Crippen molar-refractivity contribution in [3.63, 3.8) is 0 Å². The van der Waals surface area contributed by atoms with Gasteiger partial charge in [-0.05, 0) is 20.3 Å². The third kappa shape index (κ3) is 9.81. The largest absolute Gasteiger partial charge is 0.541 e. The molecule has 0 saturated heterocycles. The predicted molar refractivity (Wildman–Crippen MR) is 84.2 cm³/mol. The van der Waals surface area contributed by atoms with Crippen molar-refractivity contribution in [2.24, 2.45) is 0 Å². The van der Waals surface area contributed by atoms with E-state index in [0.717, 1.165) is 19.3 Å². The topological polar surface area (TPSA) is 84.9 Å². The lowest BCUT2D eigenvalue weighted by Crippen LogP contribution is -2.30. The molecule has 0 bridgehead atoms. The molecule has 0 spiro atoms. The third-order valence-electron chi connectivity index (χ3n) is 3.14. The van der Waals surface area contributed by atoms with Crippen molar-refractivity contribution >= 4 is 11.9 Å². The van der Waals surface area contributed by atoms with E-state index in [2.05, 4.69) is 6.92 Å². The minimum atomic E-state index is -1.59. The molecule has 0 saturated carbocycles. The quantitative estimate of drug-likeness (QED) is 0.210. The Morgan fingerprint density at radius 1 is 0.739 bits per heavy atom. The summed E-state index contributed by atoms with van der Waals surface area (Å²) >= 11 is 0. The Balaban J connectivity index is 4.30. The van der Waals surface area contributed by atoms with Gasteiger partial charge >= 0.3 is 5.97 Å². The SMILES string of the molecule is CCCCCCCCCOC(=O)C(OCC)=C(OCC)C(=O)[O-]. The van der Waals surface area contributed by atoms with E-state index in [1.807, 2.05) is 0 Å². The molecule has 0 unspecified atom stereocenters.